The second-order valence-corrected chi connectivity index (χ2v) is 4.69. The van der Waals surface area contributed by atoms with Crippen molar-refractivity contribution < 1.29 is 14.1 Å². The Morgan fingerprint density at radius 3 is 2.55 bits per heavy atom. The lowest BCUT2D eigenvalue weighted by Gasteiger charge is -2.08. The molecule has 2 amide bonds. The lowest BCUT2D eigenvalue weighted by molar-refractivity contribution is -0.385. The predicted octanol–water partition coefficient (Wildman–Crippen LogP) is 3.36. The van der Waals surface area contributed by atoms with Crippen molar-refractivity contribution >= 4 is 17.4 Å². The van der Waals surface area contributed by atoms with Gasteiger partial charge >= 0.3 is 6.03 Å². The molecule has 0 aliphatic heterocycles. The Kier molecular flexibility index (Phi) is 4.67. The summed E-state index contributed by atoms with van der Waals surface area (Å²) in [6.45, 7) is 1.84. The fourth-order valence-corrected chi connectivity index (χ4v) is 1.84. The first-order valence-corrected chi connectivity index (χ1v) is 6.50. The number of hydrogen-bond acceptors (Lipinski definition) is 3. The topological polar surface area (TPSA) is 84.3 Å². The first kappa shape index (κ1) is 15.4. The van der Waals surface area contributed by atoms with E-state index < -0.39 is 11.0 Å². The molecule has 0 radical (unpaired) electrons. The number of urea groups is 1. The third-order valence-electron chi connectivity index (χ3n) is 3.03. The zero-order valence-corrected chi connectivity index (χ0v) is 11.8. The summed E-state index contributed by atoms with van der Waals surface area (Å²) in [6, 6.07) is 9.68. The average Bonchev–Trinajstić information content (AvgIpc) is 2.48. The summed E-state index contributed by atoms with van der Waals surface area (Å²) in [6.07, 6.45) is 0. The molecular weight excluding hydrogens is 289 g/mol. The van der Waals surface area contributed by atoms with Crippen LogP contribution in [0.3, 0.4) is 0 Å². The highest BCUT2D eigenvalue weighted by Crippen LogP contribution is 2.22. The van der Waals surface area contributed by atoms with Gasteiger partial charge in [0.15, 0.2) is 0 Å². The highest BCUT2D eigenvalue weighted by Gasteiger charge is 2.12. The van der Waals surface area contributed by atoms with E-state index in [9.17, 15) is 19.3 Å². The van der Waals surface area contributed by atoms with Crippen molar-refractivity contribution in [3.63, 3.8) is 0 Å². The number of amides is 2. The molecule has 0 aliphatic rings. The maximum atomic E-state index is 12.8. The molecule has 0 unspecified atom stereocenters. The van der Waals surface area contributed by atoms with E-state index in [4.69, 9.17) is 0 Å². The predicted molar refractivity (Wildman–Crippen MR) is 80.1 cm³/mol. The molecule has 0 saturated heterocycles. The van der Waals surface area contributed by atoms with E-state index in [-0.39, 0.29) is 18.0 Å². The molecule has 2 aromatic carbocycles. The fraction of sp³-hybridized carbons (Fsp3) is 0.133. The van der Waals surface area contributed by atoms with Gasteiger partial charge in [-0.25, -0.2) is 9.18 Å². The van der Waals surface area contributed by atoms with Crippen LogP contribution >= 0.6 is 0 Å². The largest absolute Gasteiger partial charge is 0.334 e. The Morgan fingerprint density at radius 1 is 1.23 bits per heavy atom. The molecule has 0 atom stereocenters. The standard InChI is InChI=1S/C15H14FN3O3/c1-10-2-7-13(8-14(10)19(21)22)18-15(20)17-9-11-3-5-12(16)6-4-11/h2-8H,9H2,1H3,(H2,17,18,20). The second-order valence-electron chi connectivity index (χ2n) is 4.69. The molecule has 0 bridgehead atoms. The van der Waals surface area contributed by atoms with E-state index in [2.05, 4.69) is 10.6 Å². The Morgan fingerprint density at radius 2 is 1.91 bits per heavy atom. The quantitative estimate of drug-likeness (QED) is 0.671. The van der Waals surface area contributed by atoms with Gasteiger partial charge in [-0.1, -0.05) is 18.2 Å². The molecule has 2 N–H and O–H groups in total. The Hall–Kier alpha value is -2.96. The van der Waals surface area contributed by atoms with Crippen LogP contribution in [0.15, 0.2) is 42.5 Å². The number of carbonyl (C=O) groups is 1. The number of rotatable bonds is 4. The monoisotopic (exact) mass is 303 g/mol. The maximum absolute atomic E-state index is 12.8. The maximum Gasteiger partial charge on any atom is 0.319 e. The van der Waals surface area contributed by atoms with Crippen molar-refractivity contribution in [1.29, 1.82) is 0 Å². The molecule has 0 heterocycles. The van der Waals surface area contributed by atoms with E-state index in [0.717, 1.165) is 5.56 Å². The van der Waals surface area contributed by atoms with Gasteiger partial charge in [0.05, 0.1) is 4.92 Å². The van der Waals surface area contributed by atoms with Crippen LogP contribution in [0.1, 0.15) is 11.1 Å². The molecular formula is C15H14FN3O3. The number of carbonyl (C=O) groups excluding carboxylic acids is 1. The molecule has 0 saturated carbocycles. The smallest absolute Gasteiger partial charge is 0.319 e. The third-order valence-corrected chi connectivity index (χ3v) is 3.03. The summed E-state index contributed by atoms with van der Waals surface area (Å²) in [5.74, 6) is -0.347. The van der Waals surface area contributed by atoms with Gasteiger partial charge in [0.2, 0.25) is 0 Å². The summed E-state index contributed by atoms with van der Waals surface area (Å²) in [5, 5.41) is 15.9. The molecule has 2 rings (SSSR count). The number of nitro benzene ring substituents is 1. The summed E-state index contributed by atoms with van der Waals surface area (Å²) >= 11 is 0. The lowest BCUT2D eigenvalue weighted by Crippen LogP contribution is -2.28. The number of anilines is 1. The molecule has 0 spiro atoms. The van der Waals surface area contributed by atoms with Gasteiger partial charge in [-0.05, 0) is 30.7 Å². The second kappa shape index (κ2) is 6.66. The van der Waals surface area contributed by atoms with Crippen molar-refractivity contribution in [1.82, 2.24) is 5.32 Å². The highest BCUT2D eigenvalue weighted by molar-refractivity contribution is 5.89. The summed E-state index contributed by atoms with van der Waals surface area (Å²) in [5.41, 5.74) is 1.53. The van der Waals surface area contributed by atoms with Crippen molar-refractivity contribution in [2.24, 2.45) is 0 Å². The van der Waals surface area contributed by atoms with Crippen LogP contribution in [-0.2, 0) is 6.54 Å². The molecule has 2 aromatic rings. The van der Waals surface area contributed by atoms with Crippen molar-refractivity contribution in [2.45, 2.75) is 13.5 Å². The molecule has 6 nitrogen and oxygen atoms in total. The molecule has 0 aromatic heterocycles. The van der Waals surface area contributed by atoms with E-state index in [0.29, 0.717) is 11.3 Å². The van der Waals surface area contributed by atoms with Gasteiger partial charge < -0.3 is 10.6 Å². The first-order chi connectivity index (χ1) is 10.5. The van der Waals surface area contributed by atoms with Gasteiger partial charge in [-0.15, -0.1) is 0 Å². The van der Waals surface area contributed by atoms with Crippen molar-refractivity contribution in [3.05, 3.63) is 69.5 Å². The number of hydrogen-bond donors (Lipinski definition) is 2. The minimum Gasteiger partial charge on any atom is -0.334 e. The van der Waals surface area contributed by atoms with Gasteiger partial charge in [-0.3, -0.25) is 10.1 Å². The minimum atomic E-state index is -0.503. The molecule has 0 aliphatic carbocycles. The average molecular weight is 303 g/mol. The molecule has 7 heteroatoms. The van der Waals surface area contributed by atoms with Gasteiger partial charge in [0.25, 0.3) is 5.69 Å². The van der Waals surface area contributed by atoms with Crippen molar-refractivity contribution in [2.75, 3.05) is 5.32 Å². The first-order valence-electron chi connectivity index (χ1n) is 6.50. The number of nitrogens with zero attached hydrogens (tertiary/aromatic N) is 1. The van der Waals surface area contributed by atoms with E-state index in [1.165, 1.54) is 18.2 Å². The minimum absolute atomic E-state index is 0.0589. The van der Waals surface area contributed by atoms with Crippen LogP contribution in [-0.4, -0.2) is 11.0 Å². The van der Waals surface area contributed by atoms with E-state index >= 15 is 0 Å². The summed E-state index contributed by atoms with van der Waals surface area (Å²) in [4.78, 5) is 22.1. The van der Waals surface area contributed by atoms with Crippen LogP contribution in [0, 0.1) is 22.9 Å². The van der Waals surface area contributed by atoms with Crippen LogP contribution in [0.25, 0.3) is 0 Å². The zero-order valence-electron chi connectivity index (χ0n) is 11.8. The van der Waals surface area contributed by atoms with Crippen molar-refractivity contribution in [3.8, 4) is 0 Å². The summed E-state index contributed by atoms with van der Waals surface area (Å²) < 4.78 is 12.8. The zero-order chi connectivity index (χ0) is 16.1. The Balaban J connectivity index is 1.96. The normalized spacial score (nSPS) is 10.1. The van der Waals surface area contributed by atoms with E-state index in [1.54, 1.807) is 31.2 Å². The van der Waals surface area contributed by atoms with Crippen LogP contribution in [0.4, 0.5) is 20.6 Å². The Bertz CT molecular complexity index is 702. The third kappa shape index (κ3) is 4.02. The van der Waals surface area contributed by atoms with Gasteiger partial charge in [0.1, 0.15) is 5.82 Å². The SMILES string of the molecule is Cc1ccc(NC(=O)NCc2ccc(F)cc2)cc1[N+](=O)[O-]. The number of nitro groups is 1. The van der Waals surface area contributed by atoms with Crippen LogP contribution in [0.2, 0.25) is 0 Å². The van der Waals surface area contributed by atoms with E-state index in [1.807, 2.05) is 0 Å². The molecule has 0 fully saturated rings. The number of benzene rings is 2. The van der Waals surface area contributed by atoms with Gasteiger partial charge in [-0.2, -0.15) is 0 Å². The fourth-order valence-electron chi connectivity index (χ4n) is 1.84. The lowest BCUT2D eigenvalue weighted by atomic mass is 10.2. The van der Waals surface area contributed by atoms with Crippen LogP contribution < -0.4 is 10.6 Å². The van der Waals surface area contributed by atoms with Gasteiger partial charge in [0, 0.05) is 23.9 Å². The number of halogens is 1. The summed E-state index contributed by atoms with van der Waals surface area (Å²) in [7, 11) is 0. The molecule has 114 valence electrons. The number of aryl methyl sites for hydroxylation is 1. The number of nitrogens with one attached hydrogen (secondary N) is 2. The molecule has 22 heavy (non-hydrogen) atoms. The Labute approximate surface area is 126 Å². The van der Waals surface area contributed by atoms with Crippen LogP contribution in [0.5, 0.6) is 0 Å². The highest BCUT2D eigenvalue weighted by atomic mass is 19.1.